The van der Waals surface area contributed by atoms with Crippen molar-refractivity contribution in [1.82, 2.24) is 9.80 Å². The quantitative estimate of drug-likeness (QED) is 0.725. The first-order valence-electron chi connectivity index (χ1n) is 11.5. The van der Waals surface area contributed by atoms with E-state index in [1.54, 1.807) is 18.2 Å². The van der Waals surface area contributed by atoms with E-state index in [1.165, 1.54) is 0 Å². The molecule has 7 nitrogen and oxygen atoms in total. The molecule has 0 bridgehead atoms. The van der Waals surface area contributed by atoms with Gasteiger partial charge in [-0.2, -0.15) is 8.42 Å². The maximum Gasteiger partial charge on any atom is 0.285 e. The van der Waals surface area contributed by atoms with E-state index < -0.39 is 10.0 Å². The predicted octanol–water partition coefficient (Wildman–Crippen LogP) is 3.64. The average molecular weight is 469 g/mol. The third-order valence-corrected chi connectivity index (χ3v) is 7.61. The molecular weight excluding hydrogens is 436 g/mol. The van der Waals surface area contributed by atoms with Crippen molar-refractivity contribution >= 4 is 27.5 Å². The first-order chi connectivity index (χ1) is 15.7. The Kier molecular flexibility index (Phi) is 6.59. The number of para-hydroxylation sites is 1. The van der Waals surface area contributed by atoms with Crippen molar-refractivity contribution in [2.24, 2.45) is 4.40 Å². The minimum Gasteiger partial charge on any atom is -0.353 e. The Labute approximate surface area is 196 Å². The highest BCUT2D eigenvalue weighted by atomic mass is 32.2. The van der Waals surface area contributed by atoms with Crippen molar-refractivity contribution < 1.29 is 13.2 Å². The number of nitrogens with zero attached hydrogens (tertiary/aromatic N) is 3. The third-order valence-electron chi connectivity index (χ3n) is 6.29. The summed E-state index contributed by atoms with van der Waals surface area (Å²) < 4.78 is 28.7. The Morgan fingerprint density at radius 3 is 2.15 bits per heavy atom. The normalized spacial score (nSPS) is 17.9. The van der Waals surface area contributed by atoms with Gasteiger partial charge in [-0.15, -0.1) is 4.40 Å². The Bertz CT molecular complexity index is 1150. The molecule has 0 atom stereocenters. The highest BCUT2D eigenvalue weighted by Crippen LogP contribution is 2.32. The molecule has 2 aliphatic rings. The molecule has 2 heterocycles. The molecular formula is C25H32N4O3S. The molecule has 0 unspecified atom stereocenters. The molecule has 0 radical (unpaired) electrons. The second kappa shape index (κ2) is 9.27. The lowest BCUT2D eigenvalue weighted by molar-refractivity contribution is -0.117. The predicted molar refractivity (Wildman–Crippen MR) is 131 cm³/mol. The number of rotatable bonds is 5. The monoisotopic (exact) mass is 468 g/mol. The topological polar surface area (TPSA) is 82.1 Å². The molecule has 176 valence electrons. The molecule has 8 heteroatoms. The summed E-state index contributed by atoms with van der Waals surface area (Å²) in [6.07, 6.45) is 0. The number of carbonyl (C=O) groups is 1. The first-order valence-corrected chi connectivity index (χ1v) is 13.0. The minimum absolute atomic E-state index is 0.0235. The Morgan fingerprint density at radius 2 is 1.55 bits per heavy atom. The van der Waals surface area contributed by atoms with Crippen LogP contribution in [0.15, 0.2) is 51.8 Å². The lowest BCUT2D eigenvalue weighted by Crippen LogP contribution is -2.50. The molecule has 33 heavy (non-hydrogen) atoms. The number of hydrogen-bond donors (Lipinski definition) is 1. The van der Waals surface area contributed by atoms with E-state index in [2.05, 4.69) is 60.5 Å². The number of nitrogens with one attached hydrogen (secondary N) is 1. The van der Waals surface area contributed by atoms with Crippen LogP contribution in [0.2, 0.25) is 0 Å². The van der Waals surface area contributed by atoms with Crippen molar-refractivity contribution in [3.8, 4) is 0 Å². The van der Waals surface area contributed by atoms with Crippen LogP contribution in [0, 0.1) is 0 Å². The zero-order valence-electron chi connectivity index (χ0n) is 19.7. The molecule has 2 aromatic rings. The van der Waals surface area contributed by atoms with Crippen molar-refractivity contribution in [2.75, 3.05) is 38.0 Å². The van der Waals surface area contributed by atoms with Gasteiger partial charge in [-0.1, -0.05) is 58.0 Å². The van der Waals surface area contributed by atoms with Crippen LogP contribution in [0.5, 0.6) is 0 Å². The molecule has 0 aromatic heterocycles. The van der Waals surface area contributed by atoms with Crippen LogP contribution in [0.25, 0.3) is 0 Å². The van der Waals surface area contributed by atoms with E-state index in [4.69, 9.17) is 0 Å². The molecule has 2 aromatic carbocycles. The van der Waals surface area contributed by atoms with Crippen LogP contribution in [-0.2, 0) is 14.8 Å². The maximum absolute atomic E-state index is 12.9. The molecule has 0 aliphatic carbocycles. The van der Waals surface area contributed by atoms with Crippen LogP contribution in [0.3, 0.4) is 0 Å². The van der Waals surface area contributed by atoms with Crippen LogP contribution in [-0.4, -0.2) is 62.7 Å². The number of sulfonamides is 1. The molecule has 1 saturated heterocycles. The van der Waals surface area contributed by atoms with E-state index in [-0.39, 0.29) is 10.8 Å². The number of piperazine rings is 1. The van der Waals surface area contributed by atoms with Crippen molar-refractivity contribution in [2.45, 2.75) is 44.4 Å². The lowest BCUT2D eigenvalue weighted by atomic mass is 9.92. The molecule has 1 amide bonds. The fourth-order valence-electron chi connectivity index (χ4n) is 4.51. The number of carbonyl (C=O) groups excluding carboxylic acids is 1. The summed E-state index contributed by atoms with van der Waals surface area (Å²) in [5.74, 6) is 1.12. The second-order valence-electron chi connectivity index (χ2n) is 9.32. The molecule has 1 fully saturated rings. The second-order valence-corrected chi connectivity index (χ2v) is 10.9. The Hall–Kier alpha value is -2.71. The van der Waals surface area contributed by atoms with E-state index in [1.807, 2.05) is 11.0 Å². The molecule has 4 rings (SSSR count). The van der Waals surface area contributed by atoms with Crippen LogP contribution < -0.4 is 5.32 Å². The minimum atomic E-state index is -3.63. The Balaban J connectivity index is 1.41. The zero-order chi connectivity index (χ0) is 23.8. The number of anilines is 1. The summed E-state index contributed by atoms with van der Waals surface area (Å²) in [7, 11) is -3.63. The van der Waals surface area contributed by atoms with Gasteiger partial charge in [0.25, 0.3) is 10.0 Å². The largest absolute Gasteiger partial charge is 0.353 e. The van der Waals surface area contributed by atoms with Gasteiger partial charge in [-0.25, -0.2) is 0 Å². The summed E-state index contributed by atoms with van der Waals surface area (Å²) in [6, 6.07) is 13.2. The van der Waals surface area contributed by atoms with Crippen molar-refractivity contribution in [1.29, 1.82) is 0 Å². The third kappa shape index (κ3) is 4.82. The average Bonchev–Trinajstić information content (AvgIpc) is 3.05. The number of amidine groups is 1. The number of fused-ring (bicyclic) bond motifs is 1. The van der Waals surface area contributed by atoms with Gasteiger partial charge >= 0.3 is 0 Å². The van der Waals surface area contributed by atoms with Gasteiger partial charge in [0.2, 0.25) is 5.91 Å². The van der Waals surface area contributed by atoms with Gasteiger partial charge in [0.15, 0.2) is 5.84 Å². The summed E-state index contributed by atoms with van der Waals surface area (Å²) in [4.78, 5) is 17.3. The fraction of sp³-hybridized carbons (Fsp3) is 0.440. The van der Waals surface area contributed by atoms with Gasteiger partial charge in [-0.05, 0) is 35.1 Å². The zero-order valence-corrected chi connectivity index (χ0v) is 20.5. The molecule has 0 saturated carbocycles. The standard InChI is InChI=1S/C25H32N4O3S/c1-17(2)19-9-7-10-20(18(3)4)24(19)26-23(30)16-28-12-14-29(15-13-28)25-21-8-5-6-11-22(21)33(31,32)27-25/h5-11,17-18H,12-16H2,1-4H3,(H,26,30). The van der Waals surface area contributed by atoms with Crippen LogP contribution >= 0.6 is 0 Å². The summed E-state index contributed by atoms with van der Waals surface area (Å²) >= 11 is 0. The van der Waals surface area contributed by atoms with Crippen LogP contribution in [0.4, 0.5) is 5.69 Å². The fourth-order valence-corrected chi connectivity index (χ4v) is 5.74. The van der Waals surface area contributed by atoms with E-state index >= 15 is 0 Å². The molecule has 2 aliphatic heterocycles. The first kappa shape index (κ1) is 23.4. The van der Waals surface area contributed by atoms with Gasteiger partial charge in [0.1, 0.15) is 4.90 Å². The van der Waals surface area contributed by atoms with E-state index in [0.29, 0.717) is 56.0 Å². The SMILES string of the molecule is CC(C)c1cccc(C(C)C)c1NC(=O)CN1CCN(C2=NS(=O)(=O)c3ccccc32)CC1. The number of amides is 1. The smallest absolute Gasteiger partial charge is 0.285 e. The summed E-state index contributed by atoms with van der Waals surface area (Å²) in [6.45, 7) is 11.4. The van der Waals surface area contributed by atoms with Gasteiger partial charge in [0, 0.05) is 37.4 Å². The summed E-state index contributed by atoms with van der Waals surface area (Å²) in [5, 5.41) is 3.18. The highest BCUT2D eigenvalue weighted by Gasteiger charge is 2.33. The van der Waals surface area contributed by atoms with Crippen molar-refractivity contribution in [3.05, 3.63) is 59.2 Å². The van der Waals surface area contributed by atoms with Gasteiger partial charge in [-0.3, -0.25) is 9.69 Å². The number of hydrogen-bond acceptors (Lipinski definition) is 5. The summed E-state index contributed by atoms with van der Waals surface area (Å²) in [5.41, 5.74) is 3.90. The van der Waals surface area contributed by atoms with E-state index in [0.717, 1.165) is 16.8 Å². The van der Waals surface area contributed by atoms with Gasteiger partial charge < -0.3 is 10.2 Å². The maximum atomic E-state index is 12.9. The van der Waals surface area contributed by atoms with E-state index in [9.17, 15) is 13.2 Å². The van der Waals surface area contributed by atoms with Crippen molar-refractivity contribution in [3.63, 3.8) is 0 Å². The van der Waals surface area contributed by atoms with Crippen LogP contribution in [0.1, 0.15) is 56.2 Å². The number of benzene rings is 2. The highest BCUT2D eigenvalue weighted by molar-refractivity contribution is 7.90. The lowest BCUT2D eigenvalue weighted by Gasteiger charge is -2.35. The van der Waals surface area contributed by atoms with Gasteiger partial charge in [0.05, 0.1) is 6.54 Å². The molecule has 1 N–H and O–H groups in total. The molecule has 0 spiro atoms. The Morgan fingerprint density at radius 1 is 0.939 bits per heavy atom.